The lowest BCUT2D eigenvalue weighted by molar-refractivity contribution is 0.256. The van der Waals surface area contributed by atoms with Crippen LogP contribution in [0.2, 0.25) is 0 Å². The first kappa shape index (κ1) is 12.0. The zero-order valence-corrected chi connectivity index (χ0v) is 8.08. The van der Waals surface area contributed by atoms with E-state index >= 15 is 0 Å². The van der Waals surface area contributed by atoms with Crippen molar-refractivity contribution in [3.8, 4) is 0 Å². The third kappa shape index (κ3) is 2.93. The minimum Gasteiger partial charge on any atom is -0.350 e. The molecule has 2 amide bonds. The first-order valence-corrected chi connectivity index (χ1v) is 3.94. The molecule has 0 bridgehead atoms. The van der Waals surface area contributed by atoms with Gasteiger partial charge in [-0.3, -0.25) is 0 Å². The monoisotopic (exact) mass is 236 g/mol. The molecule has 10 nitrogen and oxygen atoms in total. The first-order valence-electron chi connectivity index (χ1n) is 3.94. The van der Waals surface area contributed by atoms with E-state index in [0.717, 1.165) is 12.3 Å². The molecule has 17 heavy (non-hydrogen) atoms. The average molecular weight is 236 g/mol. The summed E-state index contributed by atoms with van der Waals surface area (Å²) in [6.45, 7) is 0. The Hall–Kier alpha value is -3.09. The molecule has 0 aliphatic carbocycles. The summed E-state index contributed by atoms with van der Waals surface area (Å²) in [5.41, 5.74) is 5.45. The van der Waals surface area contributed by atoms with Gasteiger partial charge in [0, 0.05) is 0 Å². The maximum atomic E-state index is 11.3. The van der Waals surface area contributed by atoms with E-state index in [-0.39, 0.29) is 5.69 Å². The van der Waals surface area contributed by atoms with Crippen LogP contribution in [0.25, 0.3) is 0 Å². The fourth-order valence-corrected chi connectivity index (χ4v) is 0.889. The fourth-order valence-electron chi connectivity index (χ4n) is 0.889. The van der Waals surface area contributed by atoms with Gasteiger partial charge in [0.15, 0.2) is 5.82 Å². The number of carbonyl (C=O) groups excluding carboxylic acids is 3. The highest BCUT2D eigenvalue weighted by Gasteiger charge is 2.08. The van der Waals surface area contributed by atoms with Gasteiger partial charge in [0.05, 0.1) is 6.20 Å². The van der Waals surface area contributed by atoms with Gasteiger partial charge in [-0.05, 0) is 0 Å². The molecule has 0 saturated carbocycles. The lowest BCUT2D eigenvalue weighted by atomic mass is 10.5. The highest BCUT2D eigenvalue weighted by molar-refractivity contribution is 5.80. The zero-order chi connectivity index (χ0) is 12.8. The molecule has 0 saturated heterocycles. The van der Waals surface area contributed by atoms with Gasteiger partial charge in [0.2, 0.25) is 12.2 Å². The predicted octanol–water partition coefficient (Wildman–Crippen LogP) is -1.20. The van der Waals surface area contributed by atoms with Crippen molar-refractivity contribution >= 4 is 29.7 Å². The summed E-state index contributed by atoms with van der Waals surface area (Å²) in [5.74, 6) is -0.420. The van der Waals surface area contributed by atoms with Crippen molar-refractivity contribution in [2.24, 2.45) is 15.7 Å². The second kappa shape index (κ2) is 5.12. The minimum absolute atomic E-state index is 0.253. The third-order valence-corrected chi connectivity index (χ3v) is 1.44. The molecule has 0 fully saturated rings. The van der Waals surface area contributed by atoms with Crippen molar-refractivity contribution in [1.82, 2.24) is 9.66 Å². The van der Waals surface area contributed by atoms with Crippen LogP contribution in [0, 0.1) is 0 Å². The molecular weight excluding hydrogens is 232 g/mol. The Morgan fingerprint density at radius 1 is 1.41 bits per heavy atom. The second-order valence-corrected chi connectivity index (χ2v) is 2.48. The quantitative estimate of drug-likeness (QED) is 0.499. The molecule has 10 heteroatoms. The smallest absolute Gasteiger partial charge is 0.350 e. The summed E-state index contributed by atoms with van der Waals surface area (Å²) >= 11 is 0. The number of hydrogen-bond donors (Lipinski definition) is 2. The molecule has 0 atom stereocenters. The van der Waals surface area contributed by atoms with Crippen LogP contribution in [0.1, 0.15) is 0 Å². The Kier molecular flexibility index (Phi) is 3.61. The number of carbonyl (C=O) groups is 1. The molecule has 0 unspecified atom stereocenters. The second-order valence-electron chi connectivity index (χ2n) is 2.48. The number of nitrogens with two attached hydrogens (primary N) is 1. The van der Waals surface area contributed by atoms with Crippen LogP contribution >= 0.6 is 0 Å². The Morgan fingerprint density at radius 3 is 2.59 bits per heavy atom. The van der Waals surface area contributed by atoms with Gasteiger partial charge in [0.1, 0.15) is 5.69 Å². The van der Waals surface area contributed by atoms with E-state index in [4.69, 9.17) is 5.73 Å². The molecule has 0 radical (unpaired) electrons. The number of isocyanates is 2. The Morgan fingerprint density at radius 2 is 2.06 bits per heavy atom. The molecule has 0 aromatic carbocycles. The molecular formula is C7H4N6O4. The van der Waals surface area contributed by atoms with Gasteiger partial charge in [-0.25, -0.2) is 29.3 Å². The summed E-state index contributed by atoms with van der Waals surface area (Å²) in [4.78, 5) is 51.4. The number of nitrogens with zero attached hydrogens (tertiary/aromatic N) is 4. The number of primary amides is 1. The number of aromatic nitrogens is 2. The molecule has 0 aliphatic heterocycles. The van der Waals surface area contributed by atoms with E-state index in [1.807, 2.05) is 5.43 Å². The molecule has 1 aromatic rings. The highest BCUT2D eigenvalue weighted by atomic mass is 16.2. The largest absolute Gasteiger partial charge is 0.368 e. The van der Waals surface area contributed by atoms with E-state index in [1.165, 1.54) is 6.08 Å². The van der Waals surface area contributed by atoms with Crippen molar-refractivity contribution in [1.29, 1.82) is 0 Å². The van der Waals surface area contributed by atoms with Crippen molar-refractivity contribution < 1.29 is 14.4 Å². The molecule has 1 rings (SSSR count). The van der Waals surface area contributed by atoms with Gasteiger partial charge >= 0.3 is 11.7 Å². The van der Waals surface area contributed by atoms with E-state index in [0.29, 0.717) is 4.68 Å². The van der Waals surface area contributed by atoms with E-state index in [9.17, 15) is 19.2 Å². The maximum absolute atomic E-state index is 11.3. The molecule has 0 aliphatic rings. The molecule has 86 valence electrons. The molecule has 1 aromatic heterocycles. The number of aliphatic imine (C=N–C) groups is 2. The van der Waals surface area contributed by atoms with E-state index in [2.05, 4.69) is 15.0 Å². The number of urea groups is 1. The molecule has 1 heterocycles. The van der Waals surface area contributed by atoms with Crippen molar-refractivity contribution in [2.75, 3.05) is 5.43 Å². The molecule has 3 N–H and O–H groups in total. The van der Waals surface area contributed by atoms with Crippen LogP contribution in [-0.4, -0.2) is 27.9 Å². The third-order valence-electron chi connectivity index (χ3n) is 1.44. The van der Waals surface area contributed by atoms with Crippen molar-refractivity contribution in [3.05, 3.63) is 16.7 Å². The summed E-state index contributed by atoms with van der Waals surface area (Å²) in [7, 11) is 0. The zero-order valence-electron chi connectivity index (χ0n) is 8.08. The van der Waals surface area contributed by atoms with Gasteiger partial charge in [-0.2, -0.15) is 9.98 Å². The summed E-state index contributed by atoms with van der Waals surface area (Å²) in [6, 6.07) is -1.03. The maximum Gasteiger partial charge on any atom is 0.368 e. The summed E-state index contributed by atoms with van der Waals surface area (Å²) < 4.78 is 0.572. The Balaban J connectivity index is 3.43. The number of hydrogen-bond acceptors (Lipinski definition) is 7. The number of nitrogens with one attached hydrogen (secondary N) is 1. The van der Waals surface area contributed by atoms with Gasteiger partial charge < -0.3 is 5.73 Å². The number of amides is 2. The van der Waals surface area contributed by atoms with Crippen LogP contribution in [0.3, 0.4) is 0 Å². The van der Waals surface area contributed by atoms with E-state index < -0.39 is 17.5 Å². The predicted molar refractivity (Wildman–Crippen MR) is 53.0 cm³/mol. The standard InChI is InChI=1S/C7H4N6O4/c8-6(16)12-13-1-4(9-2-14)5(10-3-15)11-7(13)17/h1H,(H3,8,12,16). The van der Waals surface area contributed by atoms with Gasteiger partial charge in [-0.1, -0.05) is 0 Å². The van der Waals surface area contributed by atoms with Crippen molar-refractivity contribution in [2.45, 2.75) is 0 Å². The SMILES string of the molecule is NC(=O)Nn1cc(N=C=O)c(N=C=O)nc1=O. The van der Waals surface area contributed by atoms with Crippen LogP contribution < -0.4 is 16.8 Å². The van der Waals surface area contributed by atoms with Crippen LogP contribution in [0.4, 0.5) is 16.3 Å². The van der Waals surface area contributed by atoms with Gasteiger partial charge in [-0.15, -0.1) is 4.99 Å². The van der Waals surface area contributed by atoms with Gasteiger partial charge in [0.25, 0.3) is 0 Å². The van der Waals surface area contributed by atoms with Crippen LogP contribution in [0.15, 0.2) is 21.0 Å². The Bertz CT molecular complexity index is 607. The van der Waals surface area contributed by atoms with Crippen LogP contribution in [-0.2, 0) is 9.59 Å². The molecule has 0 spiro atoms. The normalized spacial score (nSPS) is 8.71. The minimum atomic E-state index is -1.03. The average Bonchev–Trinajstić information content (AvgIpc) is 2.24. The topological polar surface area (TPSA) is 149 Å². The highest BCUT2D eigenvalue weighted by Crippen LogP contribution is 2.21. The number of rotatable bonds is 3. The lowest BCUT2D eigenvalue weighted by Gasteiger charge is -2.05. The summed E-state index contributed by atoms with van der Waals surface area (Å²) in [5, 5.41) is 0. The Labute approximate surface area is 92.5 Å². The van der Waals surface area contributed by atoms with Crippen LogP contribution in [0.5, 0.6) is 0 Å². The van der Waals surface area contributed by atoms with Crippen molar-refractivity contribution in [3.63, 3.8) is 0 Å². The lowest BCUT2D eigenvalue weighted by Crippen LogP contribution is -2.36. The van der Waals surface area contributed by atoms with E-state index in [1.54, 1.807) is 0 Å². The first-order chi connectivity index (χ1) is 8.08. The summed E-state index contributed by atoms with van der Waals surface area (Å²) in [6.07, 6.45) is 3.21. The fraction of sp³-hybridized carbons (Fsp3) is 0.